The second kappa shape index (κ2) is 4.64. The number of anilines is 2. The fraction of sp³-hybridized carbons (Fsp3) is 0.182. The predicted octanol–water partition coefficient (Wildman–Crippen LogP) is 3.95. The Hall–Kier alpha value is -1.06. The second-order valence-electron chi connectivity index (χ2n) is 3.03. The van der Waals surface area contributed by atoms with Crippen molar-refractivity contribution in [3.8, 4) is 0 Å². The minimum absolute atomic E-state index is 0.560. The summed E-state index contributed by atoms with van der Waals surface area (Å²) in [7, 11) is 0. The summed E-state index contributed by atoms with van der Waals surface area (Å²) in [4.78, 5) is 6.40. The normalized spacial score (nSPS) is 10.3. The van der Waals surface area contributed by atoms with Crippen molar-refractivity contribution in [3.63, 3.8) is 0 Å². The third-order valence-electron chi connectivity index (χ3n) is 2.08. The summed E-state index contributed by atoms with van der Waals surface area (Å²) in [6.45, 7) is 2.98. The highest BCUT2D eigenvalue weighted by molar-refractivity contribution is 7.14. The molecule has 2 aromatic rings. The average molecular weight is 239 g/mol. The summed E-state index contributed by atoms with van der Waals surface area (Å²) in [5.41, 5.74) is 1.14. The molecule has 0 atom stereocenters. The summed E-state index contributed by atoms with van der Waals surface area (Å²) in [5, 5.41) is 3.35. The van der Waals surface area contributed by atoms with Crippen molar-refractivity contribution in [2.45, 2.75) is 6.92 Å². The maximum atomic E-state index is 5.82. The number of aromatic nitrogens is 1. The number of thiazole rings is 1. The molecule has 0 aliphatic carbocycles. The lowest BCUT2D eigenvalue weighted by atomic mass is 10.3. The smallest absolute Gasteiger partial charge is 0.191 e. The molecule has 0 fully saturated rings. The zero-order valence-corrected chi connectivity index (χ0v) is 9.92. The number of rotatable bonds is 3. The number of benzene rings is 1. The van der Waals surface area contributed by atoms with Gasteiger partial charge >= 0.3 is 0 Å². The standard InChI is InChI=1S/C11H11ClN2S/c1-2-14(9-6-4-3-5-7-9)11-13-10(12)8-15-11/h3-8H,2H2,1H3. The van der Waals surface area contributed by atoms with Gasteiger partial charge in [-0.1, -0.05) is 29.8 Å². The van der Waals surface area contributed by atoms with Crippen LogP contribution in [0.2, 0.25) is 5.15 Å². The van der Waals surface area contributed by atoms with Gasteiger partial charge in [0.1, 0.15) is 5.15 Å². The number of nitrogens with zero attached hydrogens (tertiary/aromatic N) is 2. The maximum Gasteiger partial charge on any atom is 0.191 e. The average Bonchev–Trinajstić information content (AvgIpc) is 2.68. The molecule has 15 heavy (non-hydrogen) atoms. The molecule has 0 saturated heterocycles. The van der Waals surface area contributed by atoms with Gasteiger partial charge in [0.2, 0.25) is 0 Å². The van der Waals surface area contributed by atoms with Gasteiger partial charge in [0, 0.05) is 17.6 Å². The molecule has 0 aliphatic rings. The molecule has 2 nitrogen and oxygen atoms in total. The minimum Gasteiger partial charge on any atom is -0.318 e. The molecule has 0 radical (unpaired) electrons. The highest BCUT2D eigenvalue weighted by atomic mass is 35.5. The van der Waals surface area contributed by atoms with Gasteiger partial charge in [-0.2, -0.15) is 0 Å². The first kappa shape index (κ1) is 10.5. The molecule has 0 spiro atoms. The van der Waals surface area contributed by atoms with Crippen molar-refractivity contribution >= 4 is 33.8 Å². The van der Waals surface area contributed by atoms with E-state index in [9.17, 15) is 0 Å². The van der Waals surface area contributed by atoms with Crippen molar-refractivity contribution < 1.29 is 0 Å². The molecule has 1 aromatic carbocycles. The minimum atomic E-state index is 0.560. The van der Waals surface area contributed by atoms with Crippen LogP contribution in [0.4, 0.5) is 10.8 Å². The number of halogens is 1. The van der Waals surface area contributed by atoms with Crippen molar-refractivity contribution in [1.82, 2.24) is 4.98 Å². The lowest BCUT2D eigenvalue weighted by Gasteiger charge is -2.19. The predicted molar refractivity (Wildman–Crippen MR) is 66.2 cm³/mol. The molecule has 1 heterocycles. The third-order valence-corrected chi connectivity index (χ3v) is 3.27. The van der Waals surface area contributed by atoms with E-state index in [1.54, 1.807) is 11.3 Å². The van der Waals surface area contributed by atoms with Crippen LogP contribution in [0.1, 0.15) is 6.92 Å². The molecule has 0 N–H and O–H groups in total. The molecular formula is C11H11ClN2S. The van der Waals surface area contributed by atoms with E-state index in [1.807, 2.05) is 23.6 Å². The van der Waals surface area contributed by atoms with Crippen molar-refractivity contribution in [2.75, 3.05) is 11.4 Å². The van der Waals surface area contributed by atoms with E-state index < -0.39 is 0 Å². The fourth-order valence-corrected chi connectivity index (χ4v) is 2.44. The van der Waals surface area contributed by atoms with Crippen molar-refractivity contribution in [2.24, 2.45) is 0 Å². The zero-order chi connectivity index (χ0) is 10.7. The molecule has 4 heteroatoms. The SMILES string of the molecule is CCN(c1ccccc1)c1nc(Cl)cs1. The molecule has 0 amide bonds. The lowest BCUT2D eigenvalue weighted by Crippen LogP contribution is -2.15. The van der Waals surface area contributed by atoms with E-state index in [2.05, 4.69) is 28.9 Å². The van der Waals surface area contributed by atoms with Crippen LogP contribution in [0.5, 0.6) is 0 Å². The first-order valence-electron chi connectivity index (χ1n) is 4.75. The van der Waals surface area contributed by atoms with Crippen LogP contribution in [0.15, 0.2) is 35.7 Å². The van der Waals surface area contributed by atoms with E-state index in [0.717, 1.165) is 17.4 Å². The highest BCUT2D eigenvalue weighted by Crippen LogP contribution is 2.29. The van der Waals surface area contributed by atoms with Gasteiger partial charge in [-0.05, 0) is 19.1 Å². The topological polar surface area (TPSA) is 16.1 Å². The second-order valence-corrected chi connectivity index (χ2v) is 4.26. The summed E-state index contributed by atoms with van der Waals surface area (Å²) < 4.78 is 0. The van der Waals surface area contributed by atoms with Crippen LogP contribution in [0.3, 0.4) is 0 Å². The Balaban J connectivity index is 2.33. The molecular weight excluding hydrogens is 228 g/mol. The van der Waals surface area contributed by atoms with E-state index >= 15 is 0 Å². The van der Waals surface area contributed by atoms with Gasteiger partial charge in [-0.15, -0.1) is 11.3 Å². The molecule has 2 rings (SSSR count). The Labute approximate surface area is 98.1 Å². The first-order chi connectivity index (χ1) is 7.31. The van der Waals surface area contributed by atoms with Gasteiger partial charge < -0.3 is 4.90 Å². The van der Waals surface area contributed by atoms with Crippen LogP contribution >= 0.6 is 22.9 Å². The van der Waals surface area contributed by atoms with Crippen LogP contribution in [0.25, 0.3) is 0 Å². The molecule has 1 aromatic heterocycles. The van der Waals surface area contributed by atoms with E-state index in [0.29, 0.717) is 5.15 Å². The Morgan fingerprint density at radius 1 is 1.33 bits per heavy atom. The Bertz CT molecular complexity index is 427. The lowest BCUT2D eigenvalue weighted by molar-refractivity contribution is 1.01. The summed E-state index contributed by atoms with van der Waals surface area (Å²) in [6.07, 6.45) is 0. The summed E-state index contributed by atoms with van der Waals surface area (Å²) in [6, 6.07) is 10.2. The van der Waals surface area contributed by atoms with Gasteiger partial charge in [0.25, 0.3) is 0 Å². The van der Waals surface area contributed by atoms with Gasteiger partial charge in [0.15, 0.2) is 5.13 Å². The fourth-order valence-electron chi connectivity index (χ4n) is 1.41. The maximum absolute atomic E-state index is 5.82. The van der Waals surface area contributed by atoms with Gasteiger partial charge in [0.05, 0.1) is 0 Å². The van der Waals surface area contributed by atoms with Crippen LogP contribution in [-0.4, -0.2) is 11.5 Å². The molecule has 78 valence electrons. The summed E-state index contributed by atoms with van der Waals surface area (Å²) >= 11 is 7.38. The third kappa shape index (κ3) is 2.30. The van der Waals surface area contributed by atoms with Crippen LogP contribution in [-0.2, 0) is 0 Å². The van der Waals surface area contributed by atoms with Crippen LogP contribution in [0, 0.1) is 0 Å². The van der Waals surface area contributed by atoms with E-state index in [4.69, 9.17) is 11.6 Å². The van der Waals surface area contributed by atoms with Crippen LogP contribution < -0.4 is 4.90 Å². The molecule has 0 saturated carbocycles. The number of para-hydroxylation sites is 1. The Morgan fingerprint density at radius 3 is 2.60 bits per heavy atom. The van der Waals surface area contributed by atoms with E-state index in [-0.39, 0.29) is 0 Å². The zero-order valence-electron chi connectivity index (χ0n) is 8.35. The number of hydrogen-bond acceptors (Lipinski definition) is 3. The van der Waals surface area contributed by atoms with E-state index in [1.165, 1.54) is 0 Å². The molecule has 0 bridgehead atoms. The number of hydrogen-bond donors (Lipinski definition) is 0. The monoisotopic (exact) mass is 238 g/mol. The van der Waals surface area contributed by atoms with Crippen molar-refractivity contribution in [1.29, 1.82) is 0 Å². The summed E-state index contributed by atoms with van der Waals surface area (Å²) in [5.74, 6) is 0. The highest BCUT2D eigenvalue weighted by Gasteiger charge is 2.10. The first-order valence-corrected chi connectivity index (χ1v) is 6.00. The van der Waals surface area contributed by atoms with Gasteiger partial charge in [-0.3, -0.25) is 0 Å². The molecule has 0 aliphatic heterocycles. The van der Waals surface area contributed by atoms with Crippen molar-refractivity contribution in [3.05, 3.63) is 40.9 Å². The Morgan fingerprint density at radius 2 is 2.07 bits per heavy atom. The van der Waals surface area contributed by atoms with Gasteiger partial charge in [-0.25, -0.2) is 4.98 Å². The largest absolute Gasteiger partial charge is 0.318 e. The quantitative estimate of drug-likeness (QED) is 0.805. The molecule has 0 unspecified atom stereocenters. The Kier molecular flexibility index (Phi) is 3.23.